The van der Waals surface area contributed by atoms with Crippen molar-refractivity contribution in [2.45, 2.75) is 19.0 Å². The molecule has 0 spiro atoms. The molecule has 5 heteroatoms. The normalized spacial score (nSPS) is 23.8. The van der Waals surface area contributed by atoms with Crippen LogP contribution < -0.4 is 0 Å². The fourth-order valence-electron chi connectivity index (χ4n) is 2.88. The van der Waals surface area contributed by atoms with Crippen LogP contribution in [0.3, 0.4) is 0 Å². The Morgan fingerprint density at radius 1 is 1.43 bits per heavy atom. The second kappa shape index (κ2) is 5.75. The molecule has 0 amide bonds. The summed E-state index contributed by atoms with van der Waals surface area (Å²) in [5, 5.41) is 10.5. The molecule has 3 rings (SSSR count). The van der Waals surface area contributed by atoms with Gasteiger partial charge in [0, 0.05) is 21.7 Å². The lowest BCUT2D eigenvalue weighted by atomic mass is 10.0. The number of hydrogen-bond donors (Lipinski definition) is 1. The van der Waals surface area contributed by atoms with Crippen LogP contribution in [0, 0.1) is 5.92 Å². The van der Waals surface area contributed by atoms with Gasteiger partial charge < -0.3 is 9.84 Å². The first kappa shape index (κ1) is 14.5. The number of nitrogens with zero attached hydrogens (tertiary/aromatic N) is 1. The number of rotatable bonds is 4. The Balaban J connectivity index is 1.83. The number of ether oxygens (including phenoxy) is 1. The van der Waals surface area contributed by atoms with E-state index in [0.29, 0.717) is 13.2 Å². The van der Waals surface area contributed by atoms with E-state index in [1.807, 2.05) is 19.2 Å². The van der Waals surface area contributed by atoms with Gasteiger partial charge in [0.1, 0.15) is 0 Å². The first-order chi connectivity index (χ1) is 10.1. The Morgan fingerprint density at radius 2 is 2.19 bits per heavy atom. The standard InChI is InChI=1S/C16H19NO3S/c1-10(15-7-11-5-3-4-6-14(11)21-15)17(2)13-9-20-8-12(13)16(18)19/h3-7,10,12-13H,8-9H2,1-2H3,(H,18,19). The Kier molecular flexibility index (Phi) is 3.97. The van der Waals surface area contributed by atoms with Crippen LogP contribution in [-0.2, 0) is 9.53 Å². The molecule has 3 atom stereocenters. The minimum atomic E-state index is -0.770. The zero-order valence-corrected chi connectivity index (χ0v) is 13.0. The zero-order valence-electron chi connectivity index (χ0n) is 12.2. The zero-order chi connectivity index (χ0) is 15.0. The van der Waals surface area contributed by atoms with Gasteiger partial charge in [0.25, 0.3) is 0 Å². The lowest BCUT2D eigenvalue weighted by Crippen LogP contribution is -2.41. The quantitative estimate of drug-likeness (QED) is 0.943. The Morgan fingerprint density at radius 3 is 2.90 bits per heavy atom. The summed E-state index contributed by atoms with van der Waals surface area (Å²) in [5.74, 6) is -1.21. The van der Waals surface area contributed by atoms with Gasteiger partial charge in [-0.05, 0) is 31.5 Å². The third kappa shape index (κ3) is 2.69. The summed E-state index contributed by atoms with van der Waals surface area (Å²) in [6, 6.07) is 10.6. The average molecular weight is 305 g/mol. The molecule has 0 saturated carbocycles. The highest BCUT2D eigenvalue weighted by atomic mass is 32.1. The number of fused-ring (bicyclic) bond motifs is 1. The largest absolute Gasteiger partial charge is 0.481 e. The van der Waals surface area contributed by atoms with Gasteiger partial charge in [-0.25, -0.2) is 0 Å². The third-order valence-corrected chi connectivity index (χ3v) is 5.64. The number of aliphatic carboxylic acids is 1. The van der Waals surface area contributed by atoms with Crippen molar-refractivity contribution in [1.29, 1.82) is 0 Å². The van der Waals surface area contributed by atoms with Crippen molar-refractivity contribution in [2.24, 2.45) is 5.92 Å². The van der Waals surface area contributed by atoms with E-state index in [-0.39, 0.29) is 12.1 Å². The first-order valence-electron chi connectivity index (χ1n) is 7.09. The molecule has 0 radical (unpaired) electrons. The molecule has 3 unspecified atom stereocenters. The molecule has 0 bridgehead atoms. The van der Waals surface area contributed by atoms with Crippen LogP contribution in [0.1, 0.15) is 17.8 Å². The predicted octanol–water partition coefficient (Wildman–Crippen LogP) is 2.99. The summed E-state index contributed by atoms with van der Waals surface area (Å²) in [7, 11) is 1.99. The van der Waals surface area contributed by atoms with E-state index in [1.165, 1.54) is 15.0 Å². The number of likely N-dealkylation sites (N-methyl/N-ethyl adjacent to an activating group) is 1. The van der Waals surface area contributed by atoms with Crippen molar-refractivity contribution >= 4 is 27.4 Å². The number of hydrogen-bond acceptors (Lipinski definition) is 4. The third-order valence-electron chi connectivity index (χ3n) is 4.36. The topological polar surface area (TPSA) is 49.8 Å². The molecular formula is C16H19NO3S. The van der Waals surface area contributed by atoms with Gasteiger partial charge in [-0.2, -0.15) is 0 Å². The molecule has 1 N–H and O–H groups in total. The van der Waals surface area contributed by atoms with Gasteiger partial charge in [0.05, 0.1) is 19.1 Å². The van der Waals surface area contributed by atoms with E-state index < -0.39 is 11.9 Å². The molecule has 1 aliphatic heterocycles. The van der Waals surface area contributed by atoms with Crippen molar-refractivity contribution in [2.75, 3.05) is 20.3 Å². The molecule has 1 aliphatic rings. The molecule has 2 aromatic rings. The van der Waals surface area contributed by atoms with Crippen LogP contribution in [0.25, 0.3) is 10.1 Å². The summed E-state index contributed by atoms with van der Waals surface area (Å²) in [6.07, 6.45) is 0. The minimum absolute atomic E-state index is 0.0669. The lowest BCUT2D eigenvalue weighted by molar-refractivity contribution is -0.143. The fourth-order valence-corrected chi connectivity index (χ4v) is 4.04. The monoisotopic (exact) mass is 305 g/mol. The van der Waals surface area contributed by atoms with E-state index in [1.54, 1.807) is 11.3 Å². The average Bonchev–Trinajstić information content (AvgIpc) is 3.11. The van der Waals surface area contributed by atoms with Crippen molar-refractivity contribution in [3.63, 3.8) is 0 Å². The smallest absolute Gasteiger partial charge is 0.310 e. The maximum atomic E-state index is 11.3. The van der Waals surface area contributed by atoms with E-state index in [0.717, 1.165) is 0 Å². The van der Waals surface area contributed by atoms with Gasteiger partial charge in [-0.3, -0.25) is 9.69 Å². The highest BCUT2D eigenvalue weighted by molar-refractivity contribution is 7.19. The maximum absolute atomic E-state index is 11.3. The Bertz CT molecular complexity index is 621. The predicted molar refractivity (Wildman–Crippen MR) is 83.7 cm³/mol. The van der Waals surface area contributed by atoms with E-state index in [4.69, 9.17) is 4.74 Å². The van der Waals surface area contributed by atoms with Crippen molar-refractivity contribution in [3.8, 4) is 0 Å². The molecule has 2 heterocycles. The van der Waals surface area contributed by atoms with Gasteiger partial charge in [-0.15, -0.1) is 11.3 Å². The first-order valence-corrected chi connectivity index (χ1v) is 7.90. The SMILES string of the molecule is CC(c1cc2ccccc2s1)N(C)C1COCC1C(=O)O. The van der Waals surface area contributed by atoms with Gasteiger partial charge >= 0.3 is 5.97 Å². The van der Waals surface area contributed by atoms with Gasteiger partial charge in [-0.1, -0.05) is 18.2 Å². The van der Waals surface area contributed by atoms with Crippen LogP contribution in [0.4, 0.5) is 0 Å². The number of carboxylic acid groups (broad SMARTS) is 1. The molecule has 21 heavy (non-hydrogen) atoms. The molecule has 1 fully saturated rings. The number of benzene rings is 1. The summed E-state index contributed by atoms with van der Waals surface area (Å²) in [6.45, 7) is 2.92. The van der Waals surface area contributed by atoms with Crippen molar-refractivity contribution < 1.29 is 14.6 Å². The van der Waals surface area contributed by atoms with Crippen LogP contribution in [0.15, 0.2) is 30.3 Å². The van der Waals surface area contributed by atoms with E-state index in [2.05, 4.69) is 30.0 Å². The minimum Gasteiger partial charge on any atom is -0.481 e. The molecular weight excluding hydrogens is 286 g/mol. The maximum Gasteiger partial charge on any atom is 0.310 e. The van der Waals surface area contributed by atoms with Crippen LogP contribution in [0.2, 0.25) is 0 Å². The molecule has 112 valence electrons. The van der Waals surface area contributed by atoms with Crippen molar-refractivity contribution in [1.82, 2.24) is 4.90 Å². The molecule has 1 aromatic carbocycles. The lowest BCUT2D eigenvalue weighted by Gasteiger charge is -2.31. The second-order valence-corrected chi connectivity index (χ2v) is 6.69. The summed E-state index contributed by atoms with van der Waals surface area (Å²) in [4.78, 5) is 14.7. The van der Waals surface area contributed by atoms with E-state index >= 15 is 0 Å². The number of carbonyl (C=O) groups is 1. The highest BCUT2D eigenvalue weighted by Gasteiger charge is 2.38. The number of carboxylic acids is 1. The second-order valence-electron chi connectivity index (χ2n) is 5.58. The molecule has 0 aliphatic carbocycles. The van der Waals surface area contributed by atoms with Crippen LogP contribution in [-0.4, -0.2) is 42.3 Å². The van der Waals surface area contributed by atoms with E-state index in [9.17, 15) is 9.90 Å². The summed E-state index contributed by atoms with van der Waals surface area (Å²) < 4.78 is 6.65. The number of thiophene rings is 1. The fraction of sp³-hybridized carbons (Fsp3) is 0.438. The molecule has 1 saturated heterocycles. The van der Waals surface area contributed by atoms with Gasteiger partial charge in [0.2, 0.25) is 0 Å². The van der Waals surface area contributed by atoms with Crippen molar-refractivity contribution in [3.05, 3.63) is 35.2 Å². The Hall–Kier alpha value is -1.43. The molecule has 1 aromatic heterocycles. The van der Waals surface area contributed by atoms with Crippen LogP contribution in [0.5, 0.6) is 0 Å². The summed E-state index contributed by atoms with van der Waals surface area (Å²) in [5.41, 5.74) is 0. The highest BCUT2D eigenvalue weighted by Crippen LogP contribution is 2.34. The molecule has 4 nitrogen and oxygen atoms in total. The van der Waals surface area contributed by atoms with Crippen LogP contribution >= 0.6 is 11.3 Å². The summed E-state index contributed by atoms with van der Waals surface area (Å²) >= 11 is 1.77. The Labute approximate surface area is 127 Å². The van der Waals surface area contributed by atoms with Gasteiger partial charge in [0.15, 0.2) is 0 Å².